The van der Waals surface area contributed by atoms with Crippen molar-refractivity contribution >= 4 is 5.91 Å². The Kier molecular flexibility index (Phi) is 3.49. The monoisotopic (exact) mass is 276 g/mol. The van der Waals surface area contributed by atoms with Crippen molar-refractivity contribution in [1.29, 1.82) is 0 Å². The van der Waals surface area contributed by atoms with Gasteiger partial charge in [0.25, 0.3) is 0 Å². The van der Waals surface area contributed by atoms with Crippen molar-refractivity contribution in [2.75, 3.05) is 19.6 Å². The van der Waals surface area contributed by atoms with E-state index in [9.17, 15) is 4.79 Å². The highest BCUT2D eigenvalue weighted by molar-refractivity contribution is 5.79. The van der Waals surface area contributed by atoms with E-state index in [-0.39, 0.29) is 0 Å². The Morgan fingerprint density at radius 1 is 1.05 bits per heavy atom. The first-order valence-corrected chi connectivity index (χ1v) is 8.82. The fourth-order valence-corrected chi connectivity index (χ4v) is 4.83. The first kappa shape index (κ1) is 13.1. The lowest BCUT2D eigenvalue weighted by molar-refractivity contribution is -0.137. The van der Waals surface area contributed by atoms with Crippen LogP contribution in [-0.4, -0.2) is 36.5 Å². The molecular weight excluding hydrogens is 248 g/mol. The van der Waals surface area contributed by atoms with Gasteiger partial charge in [0.05, 0.1) is 0 Å². The third-order valence-corrected chi connectivity index (χ3v) is 6.15. The summed E-state index contributed by atoms with van der Waals surface area (Å²) in [4.78, 5) is 15.2. The molecule has 4 unspecified atom stereocenters. The number of rotatable bonds is 5. The maximum Gasteiger partial charge on any atom is 0.226 e. The van der Waals surface area contributed by atoms with Crippen molar-refractivity contribution in [3.63, 3.8) is 0 Å². The van der Waals surface area contributed by atoms with E-state index in [1.54, 1.807) is 0 Å². The Morgan fingerprint density at radius 2 is 1.95 bits per heavy atom. The first-order chi connectivity index (χ1) is 9.79. The lowest BCUT2D eigenvalue weighted by Crippen LogP contribution is -2.45. The summed E-state index contributed by atoms with van der Waals surface area (Å²) in [5.74, 6) is 3.32. The molecule has 4 rings (SSSR count). The molecule has 1 saturated heterocycles. The van der Waals surface area contributed by atoms with E-state index in [4.69, 9.17) is 0 Å². The Morgan fingerprint density at radius 3 is 2.55 bits per heavy atom. The lowest BCUT2D eigenvalue weighted by Gasteiger charge is -2.31. The van der Waals surface area contributed by atoms with Crippen molar-refractivity contribution in [3.05, 3.63) is 0 Å². The summed E-state index contributed by atoms with van der Waals surface area (Å²) in [5, 5.41) is 3.57. The average molecular weight is 276 g/mol. The number of hydrogen-bond acceptors (Lipinski definition) is 2. The molecule has 3 aliphatic carbocycles. The normalized spacial score (nSPS) is 39.4. The number of carbonyl (C=O) groups excluding carboxylic acids is 1. The van der Waals surface area contributed by atoms with Crippen molar-refractivity contribution < 1.29 is 4.79 Å². The van der Waals surface area contributed by atoms with Crippen molar-refractivity contribution in [3.8, 4) is 0 Å². The molecule has 20 heavy (non-hydrogen) atoms. The van der Waals surface area contributed by atoms with E-state index in [0.717, 1.165) is 37.4 Å². The second-order valence-corrected chi connectivity index (χ2v) is 7.76. The third-order valence-electron chi connectivity index (χ3n) is 6.15. The average Bonchev–Trinajstić information content (AvgIpc) is 2.88. The van der Waals surface area contributed by atoms with Gasteiger partial charge in [0.2, 0.25) is 5.91 Å². The summed E-state index contributed by atoms with van der Waals surface area (Å²) < 4.78 is 0. The quantitative estimate of drug-likeness (QED) is 0.836. The van der Waals surface area contributed by atoms with Crippen molar-refractivity contribution in [1.82, 2.24) is 10.2 Å². The van der Waals surface area contributed by atoms with Gasteiger partial charge in [-0.05, 0) is 69.2 Å². The third kappa shape index (κ3) is 2.61. The number of amides is 1. The van der Waals surface area contributed by atoms with Gasteiger partial charge < -0.3 is 10.2 Å². The van der Waals surface area contributed by atoms with E-state index in [0.29, 0.717) is 17.9 Å². The Labute approximate surface area is 122 Å². The molecule has 1 heterocycles. The van der Waals surface area contributed by atoms with Crippen LogP contribution in [0.1, 0.15) is 51.4 Å². The summed E-state index contributed by atoms with van der Waals surface area (Å²) in [6.45, 7) is 3.17. The minimum atomic E-state index is 0.383. The zero-order chi connectivity index (χ0) is 13.5. The Bertz CT molecular complexity index is 373. The number of hydrogen-bond donors (Lipinski definition) is 1. The van der Waals surface area contributed by atoms with E-state index >= 15 is 0 Å². The van der Waals surface area contributed by atoms with Gasteiger partial charge >= 0.3 is 0 Å². The van der Waals surface area contributed by atoms with Gasteiger partial charge in [0.15, 0.2) is 0 Å². The lowest BCUT2D eigenvalue weighted by atomic mass is 9.87. The molecular formula is C17H28N2O. The second-order valence-electron chi connectivity index (χ2n) is 7.76. The van der Waals surface area contributed by atoms with Crippen LogP contribution in [0.4, 0.5) is 0 Å². The van der Waals surface area contributed by atoms with E-state index < -0.39 is 0 Å². The van der Waals surface area contributed by atoms with Gasteiger partial charge in [-0.2, -0.15) is 0 Å². The minimum absolute atomic E-state index is 0.383. The van der Waals surface area contributed by atoms with Crippen LogP contribution in [0, 0.1) is 23.7 Å². The van der Waals surface area contributed by atoms with Gasteiger partial charge in [0.1, 0.15) is 0 Å². The molecule has 1 aliphatic heterocycles. The van der Waals surface area contributed by atoms with Crippen LogP contribution in [0.25, 0.3) is 0 Å². The van der Waals surface area contributed by atoms with Crippen LogP contribution in [0.5, 0.6) is 0 Å². The van der Waals surface area contributed by atoms with E-state index in [1.165, 1.54) is 51.4 Å². The molecule has 0 spiro atoms. The summed E-state index contributed by atoms with van der Waals surface area (Å²) in [7, 11) is 0. The zero-order valence-corrected chi connectivity index (χ0v) is 12.5. The molecule has 4 aliphatic rings. The zero-order valence-electron chi connectivity index (χ0n) is 12.5. The second kappa shape index (κ2) is 5.32. The highest BCUT2D eigenvalue weighted by atomic mass is 16.2. The molecule has 3 saturated carbocycles. The van der Waals surface area contributed by atoms with Gasteiger partial charge in [-0.15, -0.1) is 0 Å². The van der Waals surface area contributed by atoms with Gasteiger partial charge in [-0.1, -0.05) is 6.42 Å². The molecule has 1 N–H and O–H groups in total. The van der Waals surface area contributed by atoms with E-state index in [2.05, 4.69) is 10.2 Å². The van der Waals surface area contributed by atoms with Crippen LogP contribution in [0.3, 0.4) is 0 Å². The van der Waals surface area contributed by atoms with Gasteiger partial charge in [-0.3, -0.25) is 4.79 Å². The molecule has 1 amide bonds. The molecule has 0 aromatic carbocycles. The molecule has 4 atom stereocenters. The minimum Gasteiger partial charge on any atom is -0.341 e. The largest absolute Gasteiger partial charge is 0.341 e. The topological polar surface area (TPSA) is 32.3 Å². The molecule has 0 radical (unpaired) electrons. The Hall–Kier alpha value is -0.570. The number of carbonyl (C=O) groups is 1. The van der Waals surface area contributed by atoms with Gasteiger partial charge in [-0.25, -0.2) is 0 Å². The van der Waals surface area contributed by atoms with Crippen LogP contribution >= 0.6 is 0 Å². The predicted octanol–water partition coefficient (Wildman–Crippen LogP) is 2.41. The Balaban J connectivity index is 1.41. The first-order valence-electron chi connectivity index (χ1n) is 8.82. The molecule has 0 aromatic rings. The van der Waals surface area contributed by atoms with Crippen molar-refractivity contribution in [2.24, 2.45) is 23.7 Å². The standard InChI is InChI=1S/C17H28N2O/c20-17(16-9-13-5-6-14(16)8-13)19(10-12-3-4-12)11-15-2-1-7-18-15/h12-16,18H,1-11H2. The molecule has 4 fully saturated rings. The number of nitrogens with one attached hydrogen (secondary N) is 1. The fourth-order valence-electron chi connectivity index (χ4n) is 4.83. The maximum atomic E-state index is 13.0. The predicted molar refractivity (Wildman–Crippen MR) is 79.3 cm³/mol. The molecule has 112 valence electrons. The molecule has 2 bridgehead atoms. The van der Waals surface area contributed by atoms with Gasteiger partial charge in [0, 0.05) is 25.0 Å². The smallest absolute Gasteiger partial charge is 0.226 e. The highest BCUT2D eigenvalue weighted by Crippen LogP contribution is 2.49. The van der Waals surface area contributed by atoms with Crippen LogP contribution in [0.2, 0.25) is 0 Å². The maximum absolute atomic E-state index is 13.0. The van der Waals surface area contributed by atoms with Crippen LogP contribution in [0.15, 0.2) is 0 Å². The summed E-state index contributed by atoms with van der Waals surface area (Å²) in [6, 6.07) is 0.566. The summed E-state index contributed by atoms with van der Waals surface area (Å²) in [6.07, 6.45) is 10.5. The van der Waals surface area contributed by atoms with E-state index in [1.807, 2.05) is 0 Å². The fraction of sp³-hybridized carbons (Fsp3) is 0.941. The van der Waals surface area contributed by atoms with Crippen LogP contribution in [-0.2, 0) is 4.79 Å². The number of fused-ring (bicyclic) bond motifs is 2. The molecule has 3 nitrogen and oxygen atoms in total. The molecule has 3 heteroatoms. The van der Waals surface area contributed by atoms with Crippen molar-refractivity contribution in [2.45, 2.75) is 57.4 Å². The number of nitrogens with zero attached hydrogens (tertiary/aromatic N) is 1. The SMILES string of the molecule is O=C(C1CC2CCC1C2)N(CC1CC1)CC1CCCN1. The summed E-state index contributed by atoms with van der Waals surface area (Å²) in [5.41, 5.74) is 0. The highest BCUT2D eigenvalue weighted by Gasteiger charge is 2.45. The van der Waals surface area contributed by atoms with Crippen LogP contribution < -0.4 is 5.32 Å². The molecule has 0 aromatic heterocycles. The summed E-state index contributed by atoms with van der Waals surface area (Å²) >= 11 is 0.